The number of thiocyanates is 1. The molecule has 0 aliphatic rings. The van der Waals surface area contributed by atoms with Crippen LogP contribution in [0.5, 0.6) is 0 Å². The summed E-state index contributed by atoms with van der Waals surface area (Å²) in [5.74, 6) is 0. The van der Waals surface area contributed by atoms with Gasteiger partial charge in [-0.25, -0.2) is 0 Å². The van der Waals surface area contributed by atoms with Gasteiger partial charge in [-0.2, -0.15) is 5.26 Å². The molecule has 0 heterocycles. The van der Waals surface area contributed by atoms with Crippen molar-refractivity contribution in [3.63, 3.8) is 0 Å². The van der Waals surface area contributed by atoms with Gasteiger partial charge in [0, 0.05) is 15.7 Å². The van der Waals surface area contributed by atoms with Crippen LogP contribution in [0.4, 0.5) is 0 Å². The van der Waals surface area contributed by atoms with Crippen molar-refractivity contribution >= 4 is 21.6 Å². The van der Waals surface area contributed by atoms with Crippen LogP contribution in [0, 0.1) is 10.7 Å². The average Bonchev–Trinajstić information content (AvgIpc) is 2.03. The second-order valence-corrected chi connectivity index (χ2v) is 3.56. The minimum atomic E-state index is 1.12. The maximum Gasteiger partial charge on any atom is 0.145 e. The molecule has 0 bridgehead atoms. The molecule has 0 aliphatic carbocycles. The first-order valence-corrected chi connectivity index (χ1v) is 4.86. The van der Waals surface area contributed by atoms with E-state index in [0.717, 1.165) is 4.90 Å². The lowest BCUT2D eigenvalue weighted by Crippen LogP contribution is -1.61. The SMILES string of the molecule is N#CSSc1ccccc1. The molecular weight excluding hydrogens is 162 g/mol. The van der Waals surface area contributed by atoms with Crippen molar-refractivity contribution < 1.29 is 0 Å². The van der Waals surface area contributed by atoms with E-state index >= 15 is 0 Å². The molecule has 3 heteroatoms. The van der Waals surface area contributed by atoms with Gasteiger partial charge >= 0.3 is 0 Å². The Morgan fingerprint density at radius 2 is 1.90 bits per heavy atom. The van der Waals surface area contributed by atoms with Crippen molar-refractivity contribution in [1.29, 1.82) is 5.26 Å². The fraction of sp³-hybridized carbons (Fsp3) is 0. The van der Waals surface area contributed by atoms with Gasteiger partial charge in [-0.3, -0.25) is 0 Å². The third-order valence-corrected chi connectivity index (χ3v) is 2.59. The summed E-state index contributed by atoms with van der Waals surface area (Å²) in [5, 5.41) is 10.2. The molecule has 0 radical (unpaired) electrons. The molecule has 0 aliphatic heterocycles. The first kappa shape index (κ1) is 7.52. The molecule has 0 N–H and O–H groups in total. The van der Waals surface area contributed by atoms with Crippen molar-refractivity contribution in [2.45, 2.75) is 4.90 Å². The van der Waals surface area contributed by atoms with Crippen molar-refractivity contribution in [2.24, 2.45) is 0 Å². The maximum absolute atomic E-state index is 8.22. The zero-order valence-electron chi connectivity index (χ0n) is 5.15. The second kappa shape index (κ2) is 4.26. The van der Waals surface area contributed by atoms with Crippen LogP contribution in [-0.4, -0.2) is 0 Å². The molecular formula is C7H5NS2. The van der Waals surface area contributed by atoms with Gasteiger partial charge in [-0.1, -0.05) is 18.2 Å². The van der Waals surface area contributed by atoms with E-state index < -0.39 is 0 Å². The summed E-state index contributed by atoms with van der Waals surface area (Å²) in [6.45, 7) is 0. The van der Waals surface area contributed by atoms with Crippen LogP contribution in [0.3, 0.4) is 0 Å². The van der Waals surface area contributed by atoms with Gasteiger partial charge in [0.25, 0.3) is 0 Å². The quantitative estimate of drug-likeness (QED) is 0.500. The Balaban J connectivity index is 2.52. The van der Waals surface area contributed by atoms with E-state index in [1.54, 1.807) is 0 Å². The lowest BCUT2D eigenvalue weighted by Gasteiger charge is -1.91. The van der Waals surface area contributed by atoms with Crippen LogP contribution in [0.2, 0.25) is 0 Å². The molecule has 1 aromatic rings. The smallest absolute Gasteiger partial charge is 0.145 e. The Kier molecular flexibility index (Phi) is 3.20. The molecule has 10 heavy (non-hydrogen) atoms. The van der Waals surface area contributed by atoms with Gasteiger partial charge in [-0.05, 0) is 22.9 Å². The topological polar surface area (TPSA) is 23.8 Å². The van der Waals surface area contributed by atoms with E-state index in [9.17, 15) is 0 Å². The van der Waals surface area contributed by atoms with Gasteiger partial charge in [0.05, 0.1) is 0 Å². The highest BCUT2D eigenvalue weighted by Crippen LogP contribution is 2.28. The van der Waals surface area contributed by atoms with E-state index in [4.69, 9.17) is 5.26 Å². The second-order valence-electron chi connectivity index (χ2n) is 1.57. The number of rotatable bonds is 2. The van der Waals surface area contributed by atoms with Crippen molar-refractivity contribution in [3.8, 4) is 5.40 Å². The van der Waals surface area contributed by atoms with Crippen LogP contribution in [0.25, 0.3) is 0 Å². The number of nitrogens with zero attached hydrogens (tertiary/aromatic N) is 1. The predicted octanol–water partition coefficient (Wildman–Crippen LogP) is 2.91. The van der Waals surface area contributed by atoms with E-state index in [-0.39, 0.29) is 0 Å². The number of hydrogen-bond donors (Lipinski definition) is 0. The molecule has 0 aromatic heterocycles. The Morgan fingerprint density at radius 1 is 1.20 bits per heavy atom. The van der Waals surface area contributed by atoms with Gasteiger partial charge in [-0.15, -0.1) is 0 Å². The fourth-order valence-electron chi connectivity index (χ4n) is 0.543. The van der Waals surface area contributed by atoms with Crippen molar-refractivity contribution in [3.05, 3.63) is 30.3 Å². The van der Waals surface area contributed by atoms with E-state index in [0.29, 0.717) is 0 Å². The molecule has 1 aromatic carbocycles. The van der Waals surface area contributed by atoms with Gasteiger partial charge in [0.15, 0.2) is 0 Å². The summed E-state index contributed by atoms with van der Waals surface area (Å²) in [6.07, 6.45) is 0. The third-order valence-electron chi connectivity index (χ3n) is 0.918. The maximum atomic E-state index is 8.22. The Morgan fingerprint density at radius 3 is 2.50 bits per heavy atom. The molecule has 0 spiro atoms. The predicted molar refractivity (Wildman–Crippen MR) is 45.5 cm³/mol. The highest BCUT2D eigenvalue weighted by atomic mass is 33.1. The fourth-order valence-corrected chi connectivity index (χ4v) is 1.68. The van der Waals surface area contributed by atoms with Gasteiger partial charge < -0.3 is 0 Å². The van der Waals surface area contributed by atoms with Crippen LogP contribution in [0.1, 0.15) is 0 Å². The summed E-state index contributed by atoms with van der Waals surface area (Å²) >= 11 is 0. The standard InChI is InChI=1S/C7H5NS2/c8-6-9-10-7-4-2-1-3-5-7/h1-5H. The number of hydrogen-bond acceptors (Lipinski definition) is 3. The minimum absolute atomic E-state index is 1.12. The zero-order valence-corrected chi connectivity index (χ0v) is 6.78. The molecule has 1 rings (SSSR count). The molecule has 0 amide bonds. The third kappa shape index (κ3) is 2.34. The highest BCUT2D eigenvalue weighted by molar-refractivity contribution is 8.78. The molecule has 0 saturated carbocycles. The van der Waals surface area contributed by atoms with E-state index in [1.807, 2.05) is 35.7 Å². The van der Waals surface area contributed by atoms with Crippen LogP contribution < -0.4 is 0 Å². The molecule has 0 unspecified atom stereocenters. The van der Waals surface area contributed by atoms with Crippen LogP contribution >= 0.6 is 21.6 Å². The largest absolute Gasteiger partial charge is 0.184 e. The molecule has 0 saturated heterocycles. The minimum Gasteiger partial charge on any atom is -0.184 e. The van der Waals surface area contributed by atoms with Gasteiger partial charge in [0.1, 0.15) is 5.40 Å². The van der Waals surface area contributed by atoms with E-state index in [1.165, 1.54) is 21.6 Å². The Hall–Kier alpha value is -0.590. The Labute approximate surface area is 67.8 Å². The summed E-state index contributed by atoms with van der Waals surface area (Å²) in [6, 6.07) is 9.84. The lowest BCUT2D eigenvalue weighted by molar-refractivity contribution is 1.48. The van der Waals surface area contributed by atoms with Crippen LogP contribution in [-0.2, 0) is 0 Å². The molecule has 1 nitrogen and oxygen atoms in total. The zero-order chi connectivity index (χ0) is 7.23. The average molecular weight is 167 g/mol. The first-order valence-electron chi connectivity index (χ1n) is 2.71. The molecule has 0 atom stereocenters. The van der Waals surface area contributed by atoms with Crippen molar-refractivity contribution in [1.82, 2.24) is 0 Å². The summed E-state index contributed by atoms with van der Waals surface area (Å²) in [4.78, 5) is 1.12. The van der Waals surface area contributed by atoms with E-state index in [2.05, 4.69) is 0 Å². The summed E-state index contributed by atoms with van der Waals surface area (Å²) in [5.41, 5.74) is 0. The molecule has 50 valence electrons. The summed E-state index contributed by atoms with van der Waals surface area (Å²) in [7, 11) is 2.66. The first-order chi connectivity index (χ1) is 4.93. The lowest BCUT2D eigenvalue weighted by atomic mass is 10.4. The summed E-state index contributed by atoms with van der Waals surface area (Å²) < 4.78 is 0. The molecule has 0 fully saturated rings. The number of nitriles is 1. The number of benzene rings is 1. The Bertz CT molecular complexity index is 227. The highest BCUT2D eigenvalue weighted by Gasteiger charge is 1.89. The van der Waals surface area contributed by atoms with Crippen molar-refractivity contribution in [2.75, 3.05) is 0 Å². The van der Waals surface area contributed by atoms with Crippen LogP contribution in [0.15, 0.2) is 35.2 Å². The normalized spacial score (nSPS) is 8.70. The van der Waals surface area contributed by atoms with Gasteiger partial charge in [0.2, 0.25) is 0 Å². The monoisotopic (exact) mass is 167 g/mol.